The van der Waals surface area contributed by atoms with Crippen molar-refractivity contribution in [3.63, 3.8) is 0 Å². The Hall–Kier alpha value is -5.24. The summed E-state index contributed by atoms with van der Waals surface area (Å²) in [5.74, 6) is 1.20. The van der Waals surface area contributed by atoms with Crippen molar-refractivity contribution >= 4 is 42.6 Å². The van der Waals surface area contributed by atoms with E-state index in [9.17, 15) is 43.7 Å². The van der Waals surface area contributed by atoms with E-state index in [4.69, 9.17) is 46.5 Å². The monoisotopic (exact) mass is 1280 g/mol. The van der Waals surface area contributed by atoms with Gasteiger partial charge in [-0.25, -0.2) is 0 Å². The quantitative estimate of drug-likeness (QED) is 0.0342. The van der Waals surface area contributed by atoms with Gasteiger partial charge in [-0.2, -0.15) is 0 Å². The van der Waals surface area contributed by atoms with Crippen LogP contribution >= 0.6 is 12.4 Å². The fourth-order valence-corrected chi connectivity index (χ4v) is 13.8. The Morgan fingerprint density at radius 2 is 0.912 bits per heavy atom. The molecule has 3 aliphatic rings. The second-order valence-electron chi connectivity index (χ2n) is 19.2. The van der Waals surface area contributed by atoms with Crippen LogP contribution in [0.2, 0.25) is 0 Å². The van der Waals surface area contributed by atoms with Gasteiger partial charge in [-0.3, -0.25) is 0 Å². The van der Waals surface area contributed by atoms with Gasteiger partial charge in [0.15, 0.2) is 0 Å². The molecule has 80 heavy (non-hydrogen) atoms. The number of hydrogen-bond acceptors (Lipinski definition) is 19. The Kier molecular flexibility index (Phi) is 18.3. The van der Waals surface area contributed by atoms with Gasteiger partial charge in [0, 0.05) is 0 Å². The van der Waals surface area contributed by atoms with Crippen molar-refractivity contribution in [1.82, 2.24) is 28.7 Å². The van der Waals surface area contributed by atoms with E-state index in [0.29, 0.717) is 22.6 Å². The molecule has 3 aromatic carbocycles. The van der Waals surface area contributed by atoms with Crippen LogP contribution in [0.3, 0.4) is 0 Å². The zero-order valence-corrected chi connectivity index (χ0v) is 48.8. The predicted molar refractivity (Wildman–Crippen MR) is 289 cm³/mol. The Morgan fingerprint density at radius 1 is 0.550 bits per heavy atom. The van der Waals surface area contributed by atoms with Crippen molar-refractivity contribution in [2.75, 3.05) is 34.0 Å². The van der Waals surface area contributed by atoms with Crippen LogP contribution in [-0.4, -0.2) is 144 Å². The summed E-state index contributed by atoms with van der Waals surface area (Å²) in [6.45, 7) is 3.38. The number of aromatic nitrogens is 6. The molecule has 6 N–H and O–H groups in total. The van der Waals surface area contributed by atoms with Crippen LogP contribution in [-0.2, 0) is 42.6 Å². The van der Waals surface area contributed by atoms with E-state index in [0.717, 1.165) is 14.7 Å². The molecular formula is C51H58N6O19P2Se2. The first-order chi connectivity index (χ1) is 38.1. The topological polar surface area (TPSA) is 318 Å². The van der Waals surface area contributed by atoms with Crippen molar-refractivity contribution < 1.29 is 61.4 Å². The summed E-state index contributed by atoms with van der Waals surface area (Å²) in [5, 5.41) is 10.9. The third-order valence-electron chi connectivity index (χ3n) is 13.9. The first-order valence-electron chi connectivity index (χ1n) is 25.0. The molecule has 3 fully saturated rings. The van der Waals surface area contributed by atoms with Crippen LogP contribution < -0.4 is 43.2 Å². The van der Waals surface area contributed by atoms with Gasteiger partial charge in [0.2, 0.25) is 0 Å². The van der Waals surface area contributed by atoms with E-state index in [-0.39, 0.29) is 42.6 Å². The number of aliphatic hydroxyl groups excluding tert-OH is 1. The average Bonchev–Trinajstić information content (AvgIpc) is 4.18. The Labute approximate surface area is 470 Å². The second-order valence-corrected chi connectivity index (χ2v) is 27.9. The van der Waals surface area contributed by atoms with Gasteiger partial charge in [0.25, 0.3) is 0 Å². The van der Waals surface area contributed by atoms with E-state index in [1.54, 1.807) is 14.2 Å². The number of ether oxygens (including phenoxy) is 6. The number of methoxy groups -OCH3 is 2. The zero-order chi connectivity index (χ0) is 57.3. The average molecular weight is 1280 g/mol. The van der Waals surface area contributed by atoms with E-state index in [2.05, 4.69) is 45.1 Å². The van der Waals surface area contributed by atoms with Crippen LogP contribution in [0.5, 0.6) is 11.5 Å². The number of nitrogens with one attached hydrogen (secondary N) is 3. The zero-order valence-electron chi connectivity index (χ0n) is 43.6. The standard InChI is InChI=1S/C51H58N6O19P2Se2/c1-28-22-55(48(62)52-45(28)59)42-19-36(58)39(72-42)26-70-77(65,79)76-38-21-44(57-24-30(3)47(61)54-50(57)64)74-41(38)27-71-78(66,80)75-37-20-43(56-23-29(2)46(60)53-49(56)63)73-40(37)25-69-51(31-9-7-6-8-10-31,32-11-15-34(67-4)16-12-32)33-13-17-35(68-5)18-14-33/h6-18,22-24,36-44,58H,19-21,25-27H2,1-5H3,(H,65,79)(H,66,80)(H,52,59,62)(H,53,60,63)(H,54,61,64)/t36-,37-,38-,39+,40+,41+,42+,43+,44+,77?,78?/m0/s1. The maximum absolute atomic E-state index is 13.4. The number of aryl methyl sites for hydroxylation is 3. The molecule has 6 heterocycles. The normalized spacial score (nSPS) is 24.6. The summed E-state index contributed by atoms with van der Waals surface area (Å²) in [6, 6.07) is 24.2. The van der Waals surface area contributed by atoms with E-state index >= 15 is 0 Å². The van der Waals surface area contributed by atoms with Crippen LogP contribution in [0.1, 0.15) is 71.3 Å². The second kappa shape index (κ2) is 24.7. The number of H-pyrrole nitrogens is 3. The molecule has 6 aromatic rings. The van der Waals surface area contributed by atoms with Gasteiger partial charge in [-0.1, -0.05) is 0 Å². The summed E-state index contributed by atoms with van der Waals surface area (Å²) in [5.41, 5.74) is -2.61. The molecule has 0 spiro atoms. The fraction of sp³-hybridized carbons (Fsp3) is 0.412. The van der Waals surface area contributed by atoms with Crippen molar-refractivity contribution in [3.05, 3.63) is 193 Å². The molecule has 9 rings (SSSR count). The molecule has 0 saturated carbocycles. The van der Waals surface area contributed by atoms with Crippen LogP contribution in [0.4, 0.5) is 0 Å². The number of benzene rings is 3. The molecule has 29 heteroatoms. The maximum atomic E-state index is 13.4. The summed E-state index contributed by atoms with van der Waals surface area (Å²) >= 11 is 5.16. The van der Waals surface area contributed by atoms with E-state index in [1.165, 1.54) is 43.9 Å². The number of nitrogens with zero attached hydrogens (tertiary/aromatic N) is 3. The molecule has 0 amide bonds. The summed E-state index contributed by atoms with van der Waals surface area (Å²) < 4.78 is 65.1. The Bertz CT molecular complexity index is 3620. The third kappa shape index (κ3) is 13.2. The molecule has 11 atom stereocenters. The van der Waals surface area contributed by atoms with E-state index in [1.807, 2.05) is 78.9 Å². The first kappa shape index (κ1) is 59.4. The van der Waals surface area contributed by atoms with Gasteiger partial charge in [0.1, 0.15) is 0 Å². The Morgan fingerprint density at radius 3 is 1.32 bits per heavy atom. The molecule has 3 aromatic heterocycles. The number of hydrogen-bond donors (Lipinski definition) is 6. The SMILES string of the molecule is COc1ccc(C(OC[C@H]2O[C@@H](n3cc(C)c(=O)[nH]c3=O)C[C@@H]2OP(O)(=[Se])OC[C@H]2O[C@@H](n3cc(C)c(=O)[nH]c3=O)C[C@@H]2OP(O)(=[Se])OC[C@H]2O[C@@H](n3cc(C)c(=O)[nH]c3=O)C[C@@H]2O)(c2ccccc2)c2ccc(OC)cc2)cc1. The summed E-state index contributed by atoms with van der Waals surface area (Å²) in [7, 11) is 3.12. The molecule has 2 unspecified atom stereocenters. The van der Waals surface area contributed by atoms with Crippen molar-refractivity contribution in [2.24, 2.45) is 0 Å². The van der Waals surface area contributed by atoms with Crippen molar-refractivity contribution in [1.29, 1.82) is 0 Å². The molecule has 0 aliphatic carbocycles. The molecule has 3 saturated heterocycles. The van der Waals surface area contributed by atoms with Crippen molar-refractivity contribution in [3.8, 4) is 11.5 Å². The number of aliphatic hydroxyl groups is 1. The molecule has 0 bridgehead atoms. The number of rotatable bonds is 21. The summed E-state index contributed by atoms with van der Waals surface area (Å²) in [4.78, 5) is 106. The molecular weight excluding hydrogens is 1220 g/mol. The van der Waals surface area contributed by atoms with Gasteiger partial charge in [-0.05, 0) is 0 Å². The minimum absolute atomic E-state index is 0.0494. The van der Waals surface area contributed by atoms with Crippen LogP contribution in [0.25, 0.3) is 0 Å². The number of aromatic amines is 3. The molecule has 25 nitrogen and oxygen atoms in total. The van der Waals surface area contributed by atoms with Gasteiger partial charge < -0.3 is 0 Å². The molecule has 0 radical (unpaired) electrons. The van der Waals surface area contributed by atoms with Gasteiger partial charge in [-0.15, -0.1) is 0 Å². The van der Waals surface area contributed by atoms with Crippen LogP contribution in [0.15, 0.2) is 126 Å². The van der Waals surface area contributed by atoms with Crippen LogP contribution in [0, 0.1) is 20.8 Å². The fourth-order valence-electron chi connectivity index (χ4n) is 9.72. The predicted octanol–water partition coefficient (Wildman–Crippen LogP) is 2.29. The third-order valence-corrected chi connectivity index (χ3v) is 18.3. The summed E-state index contributed by atoms with van der Waals surface area (Å²) in [6.07, 6.45) is -14.2. The molecule has 428 valence electrons. The van der Waals surface area contributed by atoms with Crippen molar-refractivity contribution in [2.45, 2.75) is 101 Å². The first-order valence-corrected chi connectivity index (χ1v) is 32.6. The van der Waals surface area contributed by atoms with E-state index < -0.39 is 120 Å². The molecule has 3 aliphatic heterocycles. The minimum atomic E-state index is -4.12. The van der Waals surface area contributed by atoms with Gasteiger partial charge >= 0.3 is 458 Å². The Balaban J connectivity index is 0.973. The van der Waals surface area contributed by atoms with Gasteiger partial charge in [0.05, 0.1) is 14.2 Å².